The van der Waals surface area contributed by atoms with Crippen LogP contribution in [0.3, 0.4) is 0 Å². The molecular weight excluding hydrogens is 1430 g/mol. The van der Waals surface area contributed by atoms with E-state index in [9.17, 15) is 0 Å². The van der Waals surface area contributed by atoms with Gasteiger partial charge in [-0.2, -0.15) is 0 Å². The largest absolute Gasteiger partial charge is 0.256 e. The summed E-state index contributed by atoms with van der Waals surface area (Å²) in [6.45, 7) is 86.6. The molecule has 14 rings (SSSR count). The van der Waals surface area contributed by atoms with Crippen LogP contribution in [-0.4, -0.2) is 4.98 Å². The van der Waals surface area contributed by atoms with Crippen molar-refractivity contribution in [3.05, 3.63) is 343 Å². The van der Waals surface area contributed by atoms with Gasteiger partial charge in [0.1, 0.15) is 0 Å². The normalized spacial score (nSPS) is 8.13. The topological polar surface area (TPSA) is 12.9 Å². The Balaban J connectivity index is -0.000000142. The first kappa shape index (κ1) is 130. The van der Waals surface area contributed by atoms with Gasteiger partial charge >= 0.3 is 0 Å². The summed E-state index contributed by atoms with van der Waals surface area (Å²) in [7, 11) is 0. The monoisotopic (exact) mass is 1610 g/mol. The summed E-state index contributed by atoms with van der Waals surface area (Å²) in [5.74, 6) is 0. The van der Waals surface area contributed by atoms with Crippen molar-refractivity contribution in [3.8, 4) is 55.8 Å². The highest BCUT2D eigenvalue weighted by atomic mass is 14.7. The summed E-state index contributed by atoms with van der Waals surface area (Å²) in [6.07, 6.45) is 1.83. The van der Waals surface area contributed by atoms with Gasteiger partial charge in [0.05, 0.1) is 5.69 Å². The summed E-state index contributed by atoms with van der Waals surface area (Å²) in [5.41, 5.74) is 19.1. The van der Waals surface area contributed by atoms with Crippen molar-refractivity contribution in [2.75, 3.05) is 0 Å². The van der Waals surface area contributed by atoms with E-state index in [4.69, 9.17) is 0 Å². The number of nitrogens with zero attached hydrogens (tertiary/aromatic N) is 1. The smallest absolute Gasteiger partial charge is 0.0731 e. The van der Waals surface area contributed by atoms with Crippen LogP contribution in [0, 0.1) is 34.6 Å². The van der Waals surface area contributed by atoms with Crippen LogP contribution in [0.4, 0.5) is 0 Å². The first-order valence-electron chi connectivity index (χ1n) is 46.9. The van der Waals surface area contributed by atoms with Gasteiger partial charge in [0.25, 0.3) is 0 Å². The van der Waals surface area contributed by atoms with Crippen molar-refractivity contribution in [1.29, 1.82) is 0 Å². The molecule has 1 heterocycles. The van der Waals surface area contributed by atoms with E-state index in [1.165, 1.54) is 121 Å². The predicted molar refractivity (Wildman–Crippen MR) is 567 cm³/mol. The summed E-state index contributed by atoms with van der Waals surface area (Å²) >= 11 is 0. The quantitative estimate of drug-likeness (QED) is 0.167. The molecule has 0 aliphatic carbocycles. The van der Waals surface area contributed by atoms with Crippen molar-refractivity contribution in [3.63, 3.8) is 0 Å². The minimum absolute atomic E-state index is 1.07. The summed E-state index contributed by atoms with van der Waals surface area (Å²) < 4.78 is 0. The molecule has 0 saturated heterocycles. The molecule has 13 aromatic carbocycles. The third-order valence-corrected chi connectivity index (χ3v) is 14.8. The lowest BCUT2D eigenvalue weighted by Crippen LogP contribution is -1.85. The highest BCUT2D eigenvalue weighted by molar-refractivity contribution is 6.00. The van der Waals surface area contributed by atoms with E-state index < -0.39 is 0 Å². The van der Waals surface area contributed by atoms with E-state index in [0.29, 0.717) is 0 Å². The minimum atomic E-state index is 1.07. The molecule has 1 heteroatoms. The number of hydrogen-bond acceptors (Lipinski definition) is 1. The van der Waals surface area contributed by atoms with Gasteiger partial charge in [-0.3, -0.25) is 4.98 Å². The van der Waals surface area contributed by atoms with Crippen LogP contribution >= 0.6 is 0 Å². The SMILES string of the molecule is CC.CC.CC.CC.CC.CC.CC.CC.CC.CC.CC.CC.CC.CC.CC.CC.CC.CC.CC.Cc1ccc(-c2ccc3ccccc3c2)cc1.Cc1ccc(-c2cccc3ccccc23)cc1.Cc1ccc(-c2ccccc2)c2ccccc12.Cc1ccc(-c2ccccc2)c2ccccc12.Cc1cccnc1-c1ccccc1. The fourth-order valence-corrected chi connectivity index (χ4v) is 10.3. The van der Waals surface area contributed by atoms with Gasteiger partial charge < -0.3 is 0 Å². The number of pyridine rings is 1. The molecule has 0 fully saturated rings. The lowest BCUT2D eigenvalue weighted by molar-refractivity contribution is 1.27. The maximum atomic E-state index is 4.35. The van der Waals surface area contributed by atoms with Crippen LogP contribution < -0.4 is 0 Å². The first-order valence-corrected chi connectivity index (χ1v) is 46.9. The summed E-state index contributed by atoms with van der Waals surface area (Å²) in [4.78, 5) is 4.35. The Kier molecular flexibility index (Phi) is 108. The zero-order valence-electron chi connectivity index (χ0n) is 85.0. The van der Waals surface area contributed by atoms with Gasteiger partial charge in [0.15, 0.2) is 0 Å². The average molecular weight is 1610 g/mol. The van der Waals surface area contributed by atoms with Crippen molar-refractivity contribution >= 4 is 43.1 Å². The molecule has 0 saturated carbocycles. The summed E-state index contributed by atoms with van der Waals surface area (Å²) in [5, 5.41) is 10.6. The van der Waals surface area contributed by atoms with E-state index in [-0.39, 0.29) is 0 Å². The maximum absolute atomic E-state index is 4.35. The third kappa shape index (κ3) is 51.2. The van der Waals surface area contributed by atoms with E-state index in [2.05, 4.69) is 325 Å². The number of hydrogen-bond donors (Lipinski definition) is 0. The molecule has 1 aromatic heterocycles. The molecule has 0 amide bonds. The summed E-state index contributed by atoms with van der Waals surface area (Å²) in [6, 6.07) is 109. The Bertz CT molecular complexity index is 4160. The molecule has 0 atom stereocenters. The Hall–Kier alpha value is -9.95. The second-order valence-corrected chi connectivity index (χ2v) is 20.5. The second kappa shape index (κ2) is 98.6. The molecule has 0 spiro atoms. The van der Waals surface area contributed by atoms with Crippen LogP contribution in [0.2, 0.25) is 0 Å². The van der Waals surface area contributed by atoms with Crippen molar-refractivity contribution in [1.82, 2.24) is 4.98 Å². The number of benzene rings is 13. The Morgan fingerprint density at radius 1 is 0.151 bits per heavy atom. The lowest BCUT2D eigenvalue weighted by Gasteiger charge is -2.09. The molecule has 0 aliphatic rings. The standard InChI is InChI=1S/4C17H14.C12H11N.19C2H6/c1-13-9-11-15(12-10-13)17-8-4-6-14-5-2-3-7-16(14)17;2*1-13-11-12-16(14-7-3-2-4-8-14)17-10-6-5-9-15(13)17;1-13-6-8-15(9-7-13)17-11-10-14-4-2-3-5-16(14)12-17;1-10-6-5-9-13-12(10)11-7-3-2-4-8-11;19*1-2/h4*2-12H,1H3;2-9H,1H3;19*1-2H3. The Labute approximate surface area is 740 Å². The van der Waals surface area contributed by atoms with Gasteiger partial charge in [0.2, 0.25) is 0 Å². The van der Waals surface area contributed by atoms with Gasteiger partial charge in [-0.15, -0.1) is 0 Å². The first-order chi connectivity index (χ1) is 58.8. The molecule has 1 nitrogen and oxygen atoms in total. The molecular formula is C118H181N. The number of aromatic nitrogens is 1. The molecule has 658 valence electrons. The van der Waals surface area contributed by atoms with Crippen molar-refractivity contribution < 1.29 is 0 Å². The van der Waals surface area contributed by atoms with Crippen LogP contribution in [0.5, 0.6) is 0 Å². The zero-order valence-corrected chi connectivity index (χ0v) is 85.0. The van der Waals surface area contributed by atoms with Gasteiger partial charge in [0, 0.05) is 11.8 Å². The lowest BCUT2D eigenvalue weighted by atomic mass is 9.96. The highest BCUT2D eigenvalue weighted by Gasteiger charge is 2.08. The van der Waals surface area contributed by atoms with E-state index in [0.717, 1.165) is 5.69 Å². The molecule has 0 radical (unpaired) electrons. The van der Waals surface area contributed by atoms with Gasteiger partial charge in [-0.05, 0) is 151 Å². The molecule has 0 bridgehead atoms. The Morgan fingerprint density at radius 3 is 0.782 bits per heavy atom. The maximum Gasteiger partial charge on any atom is 0.0731 e. The second-order valence-electron chi connectivity index (χ2n) is 20.5. The number of rotatable bonds is 5. The van der Waals surface area contributed by atoms with E-state index in [1.807, 2.05) is 294 Å². The van der Waals surface area contributed by atoms with Crippen LogP contribution in [0.15, 0.2) is 316 Å². The predicted octanol–water partition coefficient (Wildman–Crippen LogP) is 41.8. The van der Waals surface area contributed by atoms with E-state index in [1.54, 1.807) is 0 Å². The minimum Gasteiger partial charge on any atom is -0.256 e. The fraction of sp³-hybridized carbons (Fsp3) is 0.364. The molecule has 119 heavy (non-hydrogen) atoms. The Morgan fingerprint density at radius 2 is 0.420 bits per heavy atom. The average Bonchev–Trinajstić information content (AvgIpc) is 0.831. The highest BCUT2D eigenvalue weighted by Crippen LogP contribution is 2.33. The fourth-order valence-electron chi connectivity index (χ4n) is 10.3. The van der Waals surface area contributed by atoms with Crippen LogP contribution in [-0.2, 0) is 0 Å². The molecule has 0 N–H and O–H groups in total. The van der Waals surface area contributed by atoms with Crippen molar-refractivity contribution in [2.45, 2.75) is 298 Å². The molecule has 14 aromatic rings. The van der Waals surface area contributed by atoms with Crippen LogP contribution in [0.1, 0.15) is 291 Å². The van der Waals surface area contributed by atoms with E-state index >= 15 is 0 Å². The van der Waals surface area contributed by atoms with Gasteiger partial charge in [-0.25, -0.2) is 0 Å². The van der Waals surface area contributed by atoms with Crippen molar-refractivity contribution in [2.24, 2.45) is 0 Å². The number of fused-ring (bicyclic) bond motifs is 4. The van der Waals surface area contributed by atoms with Crippen LogP contribution in [0.25, 0.3) is 98.9 Å². The van der Waals surface area contributed by atoms with Gasteiger partial charge in [-0.1, -0.05) is 571 Å². The third-order valence-electron chi connectivity index (χ3n) is 14.8. The zero-order chi connectivity index (χ0) is 93.8. The molecule has 0 unspecified atom stereocenters. The number of aryl methyl sites for hydroxylation is 5. The molecule has 0 aliphatic heterocycles.